The number of nitrogen functional groups attached to an aromatic ring is 1. The number of esters is 1. The lowest BCUT2D eigenvalue weighted by molar-refractivity contribution is -0.157. The van der Waals surface area contributed by atoms with E-state index in [9.17, 15) is 4.79 Å². The molecule has 0 atom stereocenters. The number of ether oxygens (including phenoxy) is 2. The highest BCUT2D eigenvalue weighted by Crippen LogP contribution is 2.15. The summed E-state index contributed by atoms with van der Waals surface area (Å²) in [6.07, 6.45) is 0. The van der Waals surface area contributed by atoms with Crippen LogP contribution >= 0.6 is 0 Å². The third-order valence-electron chi connectivity index (χ3n) is 1.80. The number of nitrogens with two attached hydrogens (primary N) is 1. The van der Waals surface area contributed by atoms with Gasteiger partial charge in [-0.3, -0.25) is 5.84 Å². The Morgan fingerprint density at radius 2 is 1.88 bits per heavy atom. The molecule has 1 aromatic carbocycles. The molecule has 0 aliphatic rings. The molecule has 0 spiro atoms. The Hall–Kier alpha value is -1.75. The van der Waals surface area contributed by atoms with Gasteiger partial charge in [-0.1, -0.05) is 0 Å². The summed E-state index contributed by atoms with van der Waals surface area (Å²) in [7, 11) is 0. The van der Waals surface area contributed by atoms with E-state index in [-0.39, 0.29) is 6.61 Å². The fourth-order valence-electron chi connectivity index (χ4n) is 1.16. The van der Waals surface area contributed by atoms with Gasteiger partial charge in [0.2, 0.25) is 0 Å². The fraction of sp³-hybridized carbons (Fsp3) is 0.417. The molecule has 0 amide bonds. The Balaban J connectivity index is 2.42. The maximum absolute atomic E-state index is 11.4. The van der Waals surface area contributed by atoms with Crippen LogP contribution in [-0.4, -0.2) is 18.2 Å². The summed E-state index contributed by atoms with van der Waals surface area (Å²) in [5.41, 5.74) is 2.78. The quantitative estimate of drug-likeness (QED) is 0.474. The minimum absolute atomic E-state index is 0.104. The van der Waals surface area contributed by atoms with Crippen LogP contribution in [0.5, 0.6) is 5.75 Å². The number of hydrogen-bond acceptors (Lipinski definition) is 5. The third-order valence-corrected chi connectivity index (χ3v) is 1.80. The first kappa shape index (κ1) is 13.3. The van der Waals surface area contributed by atoms with Gasteiger partial charge in [-0.15, -0.1) is 0 Å². The first-order chi connectivity index (χ1) is 7.90. The highest BCUT2D eigenvalue weighted by molar-refractivity contribution is 5.71. The van der Waals surface area contributed by atoms with Crippen LogP contribution in [0.1, 0.15) is 20.8 Å². The molecule has 0 aliphatic heterocycles. The number of anilines is 1. The van der Waals surface area contributed by atoms with E-state index in [2.05, 4.69) is 5.43 Å². The first-order valence-electron chi connectivity index (χ1n) is 5.32. The van der Waals surface area contributed by atoms with E-state index in [4.69, 9.17) is 15.3 Å². The number of hydrogen-bond donors (Lipinski definition) is 2. The summed E-state index contributed by atoms with van der Waals surface area (Å²) in [5.74, 6) is 5.43. The molecular formula is C12H18N2O3. The highest BCUT2D eigenvalue weighted by Gasteiger charge is 2.16. The second-order valence-electron chi connectivity index (χ2n) is 4.54. The molecule has 0 fully saturated rings. The summed E-state index contributed by atoms with van der Waals surface area (Å²) in [4.78, 5) is 11.4. The average Bonchev–Trinajstić information content (AvgIpc) is 2.25. The zero-order valence-electron chi connectivity index (χ0n) is 10.3. The highest BCUT2D eigenvalue weighted by atomic mass is 16.6. The van der Waals surface area contributed by atoms with E-state index in [1.54, 1.807) is 24.3 Å². The molecule has 0 radical (unpaired) electrons. The topological polar surface area (TPSA) is 73.6 Å². The Labute approximate surface area is 101 Å². The van der Waals surface area contributed by atoms with Gasteiger partial charge in [0.25, 0.3) is 0 Å². The lowest BCUT2D eigenvalue weighted by Gasteiger charge is -2.19. The SMILES string of the molecule is CC(C)(C)OC(=O)COc1ccc(NN)cc1. The van der Waals surface area contributed by atoms with Gasteiger partial charge < -0.3 is 14.9 Å². The predicted octanol–water partition coefficient (Wildman–Crippen LogP) is 1.69. The summed E-state index contributed by atoms with van der Waals surface area (Å²) in [6, 6.07) is 6.95. The molecule has 0 saturated heterocycles. The van der Waals surface area contributed by atoms with Crippen molar-refractivity contribution in [3.63, 3.8) is 0 Å². The van der Waals surface area contributed by atoms with Crippen molar-refractivity contribution in [2.75, 3.05) is 12.0 Å². The Bertz CT molecular complexity index is 368. The van der Waals surface area contributed by atoms with Gasteiger partial charge in [-0.05, 0) is 45.0 Å². The van der Waals surface area contributed by atoms with Crippen LogP contribution in [-0.2, 0) is 9.53 Å². The van der Waals surface area contributed by atoms with Crippen molar-refractivity contribution in [2.45, 2.75) is 26.4 Å². The van der Waals surface area contributed by atoms with Gasteiger partial charge in [0.1, 0.15) is 11.4 Å². The van der Waals surface area contributed by atoms with Gasteiger partial charge in [0, 0.05) is 5.69 Å². The van der Waals surface area contributed by atoms with Gasteiger partial charge in [-0.25, -0.2) is 4.79 Å². The van der Waals surface area contributed by atoms with Gasteiger partial charge in [0.15, 0.2) is 6.61 Å². The normalized spacial score (nSPS) is 10.8. The molecule has 94 valence electrons. The fourth-order valence-corrected chi connectivity index (χ4v) is 1.16. The Morgan fingerprint density at radius 3 is 2.35 bits per heavy atom. The first-order valence-corrected chi connectivity index (χ1v) is 5.32. The van der Waals surface area contributed by atoms with Crippen LogP contribution in [0.4, 0.5) is 5.69 Å². The maximum Gasteiger partial charge on any atom is 0.344 e. The zero-order chi connectivity index (χ0) is 12.9. The monoisotopic (exact) mass is 238 g/mol. The third kappa shape index (κ3) is 5.21. The van der Waals surface area contributed by atoms with Crippen molar-refractivity contribution in [1.29, 1.82) is 0 Å². The molecule has 5 nitrogen and oxygen atoms in total. The van der Waals surface area contributed by atoms with Gasteiger partial charge in [0.05, 0.1) is 0 Å². The second-order valence-corrected chi connectivity index (χ2v) is 4.54. The van der Waals surface area contributed by atoms with Crippen LogP contribution in [0.25, 0.3) is 0 Å². The summed E-state index contributed by atoms with van der Waals surface area (Å²) in [5, 5.41) is 0. The minimum Gasteiger partial charge on any atom is -0.482 e. The van der Waals surface area contributed by atoms with E-state index in [0.717, 1.165) is 5.69 Å². The van der Waals surface area contributed by atoms with Crippen molar-refractivity contribution >= 4 is 11.7 Å². The van der Waals surface area contributed by atoms with Crippen LogP contribution in [0.3, 0.4) is 0 Å². The molecule has 1 aromatic rings. The van der Waals surface area contributed by atoms with Crippen molar-refractivity contribution in [3.8, 4) is 5.75 Å². The van der Waals surface area contributed by atoms with E-state index in [1.807, 2.05) is 20.8 Å². The van der Waals surface area contributed by atoms with E-state index in [1.165, 1.54) is 0 Å². The van der Waals surface area contributed by atoms with Crippen LogP contribution in [0, 0.1) is 0 Å². The molecule has 5 heteroatoms. The number of benzene rings is 1. The van der Waals surface area contributed by atoms with E-state index in [0.29, 0.717) is 5.75 Å². The maximum atomic E-state index is 11.4. The van der Waals surface area contributed by atoms with Crippen molar-refractivity contribution < 1.29 is 14.3 Å². The molecule has 0 aromatic heterocycles. The average molecular weight is 238 g/mol. The Kier molecular flexibility index (Phi) is 4.34. The number of carbonyl (C=O) groups is 1. The molecule has 0 unspecified atom stereocenters. The number of hydrazine groups is 1. The number of carbonyl (C=O) groups excluding carboxylic acids is 1. The van der Waals surface area contributed by atoms with E-state index >= 15 is 0 Å². The van der Waals surface area contributed by atoms with Gasteiger partial charge in [-0.2, -0.15) is 0 Å². The molecule has 0 bridgehead atoms. The minimum atomic E-state index is -0.492. The van der Waals surface area contributed by atoms with Crippen molar-refractivity contribution in [3.05, 3.63) is 24.3 Å². The zero-order valence-corrected chi connectivity index (χ0v) is 10.3. The van der Waals surface area contributed by atoms with E-state index < -0.39 is 11.6 Å². The molecule has 1 rings (SSSR count). The lowest BCUT2D eigenvalue weighted by atomic mass is 10.2. The van der Waals surface area contributed by atoms with Crippen molar-refractivity contribution in [2.24, 2.45) is 5.84 Å². The van der Waals surface area contributed by atoms with Gasteiger partial charge >= 0.3 is 5.97 Å². The van der Waals surface area contributed by atoms with Crippen molar-refractivity contribution in [1.82, 2.24) is 0 Å². The molecule has 0 saturated carbocycles. The van der Waals surface area contributed by atoms with Crippen LogP contribution in [0.15, 0.2) is 24.3 Å². The summed E-state index contributed by atoms with van der Waals surface area (Å²) in [6.45, 7) is 5.33. The largest absolute Gasteiger partial charge is 0.482 e. The summed E-state index contributed by atoms with van der Waals surface area (Å²) < 4.78 is 10.4. The number of rotatable bonds is 4. The number of nitrogens with one attached hydrogen (secondary N) is 1. The second kappa shape index (κ2) is 5.54. The molecular weight excluding hydrogens is 220 g/mol. The van der Waals surface area contributed by atoms with Crippen LogP contribution in [0.2, 0.25) is 0 Å². The lowest BCUT2D eigenvalue weighted by Crippen LogP contribution is -2.27. The summed E-state index contributed by atoms with van der Waals surface area (Å²) >= 11 is 0. The standard InChI is InChI=1S/C12H18N2O3/c1-12(2,3)17-11(15)8-16-10-6-4-9(14-13)5-7-10/h4-7,14H,8,13H2,1-3H3. The molecule has 0 heterocycles. The predicted molar refractivity (Wildman–Crippen MR) is 65.6 cm³/mol. The molecule has 0 aliphatic carbocycles. The Morgan fingerprint density at radius 1 is 1.29 bits per heavy atom. The molecule has 3 N–H and O–H groups in total. The molecule has 17 heavy (non-hydrogen) atoms. The smallest absolute Gasteiger partial charge is 0.344 e. The van der Waals surface area contributed by atoms with Crippen LogP contribution < -0.4 is 16.0 Å².